The first-order valence-corrected chi connectivity index (χ1v) is 22.9. The number of halogens is 1. The van der Waals surface area contributed by atoms with Gasteiger partial charge in [-0.1, -0.05) is 110 Å². The van der Waals surface area contributed by atoms with Crippen LogP contribution in [0.3, 0.4) is 0 Å². The highest BCUT2D eigenvalue weighted by Crippen LogP contribution is 2.42. The standard InChI is InChI=1S/C35H63IO6Si2/c1-23(2)44(24(3)4,25(5)6)17-16-30(18-26(7)21-36)40-33(38)20-31-19-32(42-43(14,15)35(11,12)13)28(9)34(41-31)27(8)22-39-29(10)37/h21,23-25,27-28,30-32,34H,18-20,22H2,1-15H3/b26-21-/t27-,28-,30+,31+,32+,34+/m1/s1. The number of rotatable bonds is 13. The SMILES string of the molecule is CC(=O)OC[C@@H](C)[C@@H]1O[C@H](CC(=O)O[C@@H](C#C[Si](C(C)C)(C(C)C)C(C)C)C/C(C)=C\I)C[C@H](O[Si](C)(C)C(C)(C)C)[C@H]1C. The molecule has 1 fully saturated rings. The number of ether oxygens (including phenoxy) is 3. The zero-order valence-electron chi connectivity index (χ0n) is 30.4. The van der Waals surface area contributed by atoms with Gasteiger partial charge in [-0.2, -0.15) is 0 Å². The molecule has 0 N–H and O–H groups in total. The van der Waals surface area contributed by atoms with E-state index in [1.807, 2.05) is 11.0 Å². The molecule has 254 valence electrons. The molecule has 0 bridgehead atoms. The van der Waals surface area contributed by atoms with Crippen molar-refractivity contribution in [2.45, 2.75) is 168 Å². The van der Waals surface area contributed by atoms with Gasteiger partial charge in [-0.05, 0) is 52.2 Å². The van der Waals surface area contributed by atoms with Crippen molar-refractivity contribution in [2.24, 2.45) is 11.8 Å². The van der Waals surface area contributed by atoms with Crippen LogP contribution in [0.5, 0.6) is 0 Å². The van der Waals surface area contributed by atoms with E-state index in [4.69, 9.17) is 18.6 Å². The zero-order valence-corrected chi connectivity index (χ0v) is 34.6. The van der Waals surface area contributed by atoms with Crippen LogP contribution in [0.1, 0.15) is 109 Å². The zero-order chi connectivity index (χ0) is 34.2. The van der Waals surface area contributed by atoms with Gasteiger partial charge in [0.15, 0.2) is 14.4 Å². The number of carbonyl (C=O) groups is 2. The van der Waals surface area contributed by atoms with Crippen molar-refractivity contribution in [3.63, 3.8) is 0 Å². The average molecular weight is 763 g/mol. The van der Waals surface area contributed by atoms with E-state index in [-0.39, 0.29) is 60.2 Å². The summed E-state index contributed by atoms with van der Waals surface area (Å²) in [5.74, 6) is 2.90. The highest BCUT2D eigenvalue weighted by Gasteiger charge is 2.46. The van der Waals surface area contributed by atoms with E-state index in [0.29, 0.717) is 29.5 Å². The molecular formula is C35H63IO6Si2. The fourth-order valence-corrected chi connectivity index (χ4v) is 13.4. The molecule has 6 atom stereocenters. The lowest BCUT2D eigenvalue weighted by molar-refractivity contribution is -0.172. The van der Waals surface area contributed by atoms with Crippen LogP contribution in [0.4, 0.5) is 0 Å². The summed E-state index contributed by atoms with van der Waals surface area (Å²) in [6.45, 7) is 32.9. The number of esters is 2. The highest BCUT2D eigenvalue weighted by molar-refractivity contribution is 14.1. The van der Waals surface area contributed by atoms with Crippen molar-refractivity contribution in [1.82, 2.24) is 0 Å². The van der Waals surface area contributed by atoms with E-state index in [9.17, 15) is 9.59 Å². The molecule has 0 aromatic rings. The molecule has 0 spiro atoms. The van der Waals surface area contributed by atoms with Crippen molar-refractivity contribution in [2.75, 3.05) is 6.61 Å². The van der Waals surface area contributed by atoms with Crippen molar-refractivity contribution in [3.05, 3.63) is 9.66 Å². The Bertz CT molecular complexity index is 1010. The molecule has 0 aliphatic carbocycles. The topological polar surface area (TPSA) is 71.1 Å². The molecule has 0 unspecified atom stereocenters. The Hall–Kier alpha value is -0.676. The molecule has 0 aromatic heterocycles. The number of carbonyl (C=O) groups excluding carboxylic acids is 2. The fraction of sp³-hybridized carbons (Fsp3) is 0.829. The summed E-state index contributed by atoms with van der Waals surface area (Å²) >= 11 is 2.24. The van der Waals surface area contributed by atoms with Crippen LogP contribution in [-0.2, 0) is 28.2 Å². The first-order chi connectivity index (χ1) is 20.1. The molecular weight excluding hydrogens is 699 g/mol. The van der Waals surface area contributed by atoms with Gasteiger partial charge in [0.25, 0.3) is 0 Å². The summed E-state index contributed by atoms with van der Waals surface area (Å²) in [5, 5.41) is 0.0503. The van der Waals surface area contributed by atoms with Crippen molar-refractivity contribution < 1.29 is 28.2 Å². The Morgan fingerprint density at radius 3 is 2.02 bits per heavy atom. The molecule has 6 nitrogen and oxygen atoms in total. The predicted molar refractivity (Wildman–Crippen MR) is 196 cm³/mol. The lowest BCUT2D eigenvalue weighted by atomic mass is 9.84. The van der Waals surface area contributed by atoms with Crippen molar-refractivity contribution in [1.29, 1.82) is 0 Å². The second-order valence-electron chi connectivity index (χ2n) is 15.5. The molecule has 0 aromatic carbocycles. The summed E-state index contributed by atoms with van der Waals surface area (Å²) in [7, 11) is -4.07. The van der Waals surface area contributed by atoms with Gasteiger partial charge in [0.2, 0.25) is 0 Å². The highest BCUT2D eigenvalue weighted by atomic mass is 127. The summed E-state index contributed by atoms with van der Waals surface area (Å²) in [6, 6.07) is 0. The van der Waals surface area contributed by atoms with E-state index in [1.54, 1.807) is 0 Å². The number of hydrogen-bond acceptors (Lipinski definition) is 6. The third kappa shape index (κ3) is 11.5. The average Bonchev–Trinajstić information content (AvgIpc) is 2.87. The Morgan fingerprint density at radius 2 is 1.57 bits per heavy atom. The second kappa shape index (κ2) is 17.5. The van der Waals surface area contributed by atoms with Gasteiger partial charge in [0.1, 0.15) is 8.07 Å². The third-order valence-electron chi connectivity index (χ3n) is 9.99. The molecule has 1 aliphatic rings. The maximum atomic E-state index is 13.6. The van der Waals surface area contributed by atoms with E-state index in [0.717, 1.165) is 5.57 Å². The molecule has 0 amide bonds. The Morgan fingerprint density at radius 1 is 1.02 bits per heavy atom. The molecule has 0 radical (unpaired) electrons. The first-order valence-electron chi connectivity index (χ1n) is 16.5. The molecule has 44 heavy (non-hydrogen) atoms. The van der Waals surface area contributed by atoms with E-state index in [2.05, 4.69) is 123 Å². The molecule has 9 heteroatoms. The predicted octanol–water partition coefficient (Wildman–Crippen LogP) is 9.62. The van der Waals surface area contributed by atoms with Crippen LogP contribution in [-0.4, -0.2) is 59.4 Å². The molecule has 1 rings (SSSR count). The van der Waals surface area contributed by atoms with E-state index >= 15 is 0 Å². The summed E-state index contributed by atoms with van der Waals surface area (Å²) in [6.07, 6.45) is 0.190. The van der Waals surface area contributed by atoms with Crippen LogP contribution in [0.15, 0.2) is 9.66 Å². The molecule has 0 saturated carbocycles. The van der Waals surface area contributed by atoms with Crippen LogP contribution >= 0.6 is 22.6 Å². The normalized spacial score (nSPS) is 23.3. The maximum Gasteiger partial charge on any atom is 0.309 e. The number of hydrogen-bond donors (Lipinski definition) is 0. The first kappa shape index (κ1) is 41.3. The van der Waals surface area contributed by atoms with Crippen LogP contribution in [0.25, 0.3) is 0 Å². The lowest BCUT2D eigenvalue weighted by Crippen LogP contribution is -2.53. The smallest absolute Gasteiger partial charge is 0.309 e. The maximum absolute atomic E-state index is 13.6. The summed E-state index contributed by atoms with van der Waals surface area (Å²) in [5.41, 5.74) is 6.38. The third-order valence-corrected chi connectivity index (χ3v) is 21.9. The monoisotopic (exact) mass is 762 g/mol. The Labute approximate surface area is 285 Å². The molecule has 1 saturated heterocycles. The van der Waals surface area contributed by atoms with Gasteiger partial charge >= 0.3 is 11.9 Å². The quantitative estimate of drug-likeness (QED) is 0.0806. The minimum Gasteiger partial charge on any atom is -0.465 e. The van der Waals surface area contributed by atoms with Gasteiger partial charge < -0.3 is 18.6 Å². The summed E-state index contributed by atoms with van der Waals surface area (Å²) < 4.78 is 27.0. The Balaban J connectivity index is 3.32. The largest absolute Gasteiger partial charge is 0.465 e. The van der Waals surface area contributed by atoms with Gasteiger partial charge in [-0.3, -0.25) is 9.59 Å². The van der Waals surface area contributed by atoms with Gasteiger partial charge in [-0.15, -0.1) is 5.54 Å². The lowest BCUT2D eigenvalue weighted by Gasteiger charge is -2.47. The van der Waals surface area contributed by atoms with Gasteiger partial charge in [0.05, 0.1) is 31.3 Å². The minimum absolute atomic E-state index is 0.0468. The summed E-state index contributed by atoms with van der Waals surface area (Å²) in [4.78, 5) is 25.1. The van der Waals surface area contributed by atoms with Crippen LogP contribution in [0.2, 0.25) is 34.8 Å². The van der Waals surface area contributed by atoms with Gasteiger partial charge in [-0.25, -0.2) is 0 Å². The minimum atomic E-state index is -2.09. The van der Waals surface area contributed by atoms with Gasteiger partial charge in [0, 0.05) is 25.2 Å². The van der Waals surface area contributed by atoms with Crippen molar-refractivity contribution >= 4 is 50.9 Å². The van der Waals surface area contributed by atoms with Crippen molar-refractivity contribution in [3.8, 4) is 11.5 Å². The van der Waals surface area contributed by atoms with E-state index in [1.165, 1.54) is 6.92 Å². The van der Waals surface area contributed by atoms with E-state index < -0.39 is 22.5 Å². The second-order valence-corrected chi connectivity index (χ2v) is 26.5. The molecule has 1 heterocycles. The Kier molecular flexibility index (Phi) is 16.4. The fourth-order valence-electron chi connectivity index (χ4n) is 6.42. The molecule has 1 aliphatic heterocycles. The van der Waals surface area contributed by atoms with Crippen LogP contribution in [0, 0.1) is 23.3 Å². The van der Waals surface area contributed by atoms with Crippen LogP contribution < -0.4 is 0 Å².